The predicted octanol–water partition coefficient (Wildman–Crippen LogP) is 4.59. The lowest BCUT2D eigenvalue weighted by molar-refractivity contribution is 0.0943. The summed E-state index contributed by atoms with van der Waals surface area (Å²) in [4.78, 5) is 24.5. The van der Waals surface area contributed by atoms with Crippen molar-refractivity contribution >= 4 is 35.0 Å². The van der Waals surface area contributed by atoms with Crippen molar-refractivity contribution in [2.24, 2.45) is 0 Å². The molecular weight excluding hydrogens is 406 g/mol. The minimum absolute atomic E-state index is 0.0177. The van der Waals surface area contributed by atoms with Gasteiger partial charge in [0.25, 0.3) is 11.8 Å². The van der Waals surface area contributed by atoms with Gasteiger partial charge in [-0.1, -0.05) is 35.3 Å². The Morgan fingerprint density at radius 2 is 1.71 bits per heavy atom. The quantitative estimate of drug-likeness (QED) is 0.573. The average Bonchev–Trinajstić information content (AvgIpc) is 3.21. The number of benzene rings is 2. The summed E-state index contributed by atoms with van der Waals surface area (Å²) in [6.07, 6.45) is 1.53. The van der Waals surface area contributed by atoms with Gasteiger partial charge in [0.2, 0.25) is 0 Å². The molecule has 0 unspecified atom stereocenters. The minimum atomic E-state index is -0.730. The van der Waals surface area contributed by atoms with Crippen LogP contribution in [-0.4, -0.2) is 11.8 Å². The maximum Gasteiger partial charge on any atom is 0.253 e. The van der Waals surface area contributed by atoms with Gasteiger partial charge >= 0.3 is 0 Å². The molecule has 2 aromatic carbocycles. The highest BCUT2D eigenvalue weighted by molar-refractivity contribution is 6.36. The molecule has 144 valence electrons. The van der Waals surface area contributed by atoms with Crippen molar-refractivity contribution in [3.8, 4) is 0 Å². The van der Waals surface area contributed by atoms with Crippen LogP contribution in [0.25, 0.3) is 0 Å². The Kier molecular flexibility index (Phi) is 6.34. The first-order valence-electron chi connectivity index (χ1n) is 8.26. The minimum Gasteiger partial charge on any atom is -0.467 e. The van der Waals surface area contributed by atoms with Crippen molar-refractivity contribution in [1.82, 2.24) is 10.6 Å². The Morgan fingerprint density at radius 1 is 0.929 bits per heavy atom. The molecule has 0 bridgehead atoms. The first kappa shape index (κ1) is 19.9. The number of hydrogen-bond acceptors (Lipinski definition) is 3. The van der Waals surface area contributed by atoms with Crippen LogP contribution in [0.5, 0.6) is 0 Å². The molecule has 0 atom stereocenters. The Bertz CT molecular complexity index is 1010. The number of hydrogen-bond donors (Lipinski definition) is 2. The van der Waals surface area contributed by atoms with Crippen LogP contribution in [0.3, 0.4) is 0 Å². The lowest BCUT2D eigenvalue weighted by atomic mass is 10.1. The van der Waals surface area contributed by atoms with E-state index in [9.17, 15) is 14.0 Å². The van der Waals surface area contributed by atoms with Crippen LogP contribution in [-0.2, 0) is 13.1 Å². The fraction of sp³-hybridized carbons (Fsp3) is 0.100. The van der Waals surface area contributed by atoms with E-state index < -0.39 is 11.7 Å². The van der Waals surface area contributed by atoms with Gasteiger partial charge in [0.05, 0.1) is 28.4 Å². The Balaban J connectivity index is 1.62. The third-order valence-corrected chi connectivity index (χ3v) is 4.50. The summed E-state index contributed by atoms with van der Waals surface area (Å²) in [5.41, 5.74) is 1.12. The van der Waals surface area contributed by atoms with E-state index >= 15 is 0 Å². The van der Waals surface area contributed by atoms with Crippen molar-refractivity contribution < 1.29 is 18.4 Å². The lowest BCUT2D eigenvalue weighted by Crippen LogP contribution is -2.24. The highest BCUT2D eigenvalue weighted by atomic mass is 35.5. The van der Waals surface area contributed by atoms with E-state index in [2.05, 4.69) is 10.6 Å². The van der Waals surface area contributed by atoms with Crippen molar-refractivity contribution in [3.05, 3.63) is 93.1 Å². The Labute approximate surface area is 170 Å². The van der Waals surface area contributed by atoms with Gasteiger partial charge in [-0.25, -0.2) is 4.39 Å². The molecule has 2 amide bonds. The van der Waals surface area contributed by atoms with E-state index in [1.54, 1.807) is 36.4 Å². The van der Waals surface area contributed by atoms with Gasteiger partial charge in [-0.2, -0.15) is 0 Å². The van der Waals surface area contributed by atoms with Crippen LogP contribution in [0, 0.1) is 5.82 Å². The number of rotatable bonds is 6. The molecule has 0 fully saturated rings. The number of amides is 2. The van der Waals surface area contributed by atoms with Gasteiger partial charge < -0.3 is 15.1 Å². The smallest absolute Gasteiger partial charge is 0.253 e. The summed E-state index contributed by atoms with van der Waals surface area (Å²) in [5, 5.41) is 5.28. The van der Waals surface area contributed by atoms with Crippen LogP contribution < -0.4 is 10.6 Å². The van der Waals surface area contributed by atoms with Gasteiger partial charge in [-0.3, -0.25) is 9.59 Å². The van der Waals surface area contributed by atoms with Gasteiger partial charge in [-0.05, 0) is 42.0 Å². The van der Waals surface area contributed by atoms with Crippen molar-refractivity contribution in [2.45, 2.75) is 13.1 Å². The maximum absolute atomic E-state index is 13.6. The number of nitrogens with one attached hydrogen (secondary N) is 2. The second kappa shape index (κ2) is 8.91. The Hall–Kier alpha value is -2.83. The topological polar surface area (TPSA) is 71.3 Å². The van der Waals surface area contributed by atoms with Gasteiger partial charge in [0.15, 0.2) is 0 Å². The monoisotopic (exact) mass is 420 g/mol. The molecule has 8 heteroatoms. The van der Waals surface area contributed by atoms with E-state index in [0.717, 1.165) is 6.07 Å². The van der Waals surface area contributed by atoms with Crippen LogP contribution in [0.15, 0.2) is 59.2 Å². The molecule has 3 aromatic rings. The molecular formula is C20H15Cl2FN2O3. The number of furan rings is 1. The molecule has 2 N–H and O–H groups in total. The molecule has 0 aliphatic heterocycles. The highest BCUT2D eigenvalue weighted by Crippen LogP contribution is 2.24. The number of halogens is 3. The third-order valence-electron chi connectivity index (χ3n) is 3.90. The average molecular weight is 421 g/mol. The van der Waals surface area contributed by atoms with Crippen molar-refractivity contribution in [2.75, 3.05) is 0 Å². The molecule has 0 radical (unpaired) electrons. The molecule has 0 spiro atoms. The lowest BCUT2D eigenvalue weighted by Gasteiger charge is -2.09. The van der Waals surface area contributed by atoms with Gasteiger partial charge in [0, 0.05) is 12.1 Å². The summed E-state index contributed by atoms with van der Waals surface area (Å²) in [6.45, 7) is 0.409. The van der Waals surface area contributed by atoms with Gasteiger partial charge in [0.1, 0.15) is 11.6 Å². The molecule has 0 saturated carbocycles. The zero-order valence-corrected chi connectivity index (χ0v) is 16.0. The molecule has 0 aliphatic carbocycles. The fourth-order valence-corrected chi connectivity index (χ4v) is 2.95. The molecule has 0 saturated heterocycles. The van der Waals surface area contributed by atoms with Crippen LogP contribution >= 0.6 is 23.2 Å². The predicted molar refractivity (Wildman–Crippen MR) is 104 cm³/mol. The van der Waals surface area contributed by atoms with Crippen molar-refractivity contribution in [1.29, 1.82) is 0 Å². The molecule has 5 nitrogen and oxygen atoms in total. The first-order chi connectivity index (χ1) is 13.4. The molecule has 1 aromatic heterocycles. The first-order valence-corrected chi connectivity index (χ1v) is 9.02. The van der Waals surface area contributed by atoms with E-state index in [-0.39, 0.29) is 34.6 Å². The zero-order valence-electron chi connectivity index (χ0n) is 14.5. The van der Waals surface area contributed by atoms with E-state index in [1.807, 2.05) is 0 Å². The summed E-state index contributed by atoms with van der Waals surface area (Å²) in [6, 6.07) is 12.4. The van der Waals surface area contributed by atoms with Crippen molar-refractivity contribution in [3.63, 3.8) is 0 Å². The second-order valence-corrected chi connectivity index (χ2v) is 6.71. The van der Waals surface area contributed by atoms with E-state index in [1.165, 1.54) is 12.3 Å². The van der Waals surface area contributed by atoms with E-state index in [0.29, 0.717) is 16.9 Å². The normalized spacial score (nSPS) is 10.5. The SMILES string of the molecule is O=C(NCc1ccco1)c1cccc(CNC(=O)c2cc(F)c(Cl)cc2Cl)c1. The number of carbonyl (C=O) groups excluding carboxylic acids is 2. The molecule has 1 heterocycles. The third kappa shape index (κ3) is 4.91. The standard InChI is InChI=1S/C20H15Cl2FN2O3/c21-16-9-17(22)18(23)8-15(16)20(27)24-10-12-3-1-4-13(7-12)19(26)25-11-14-5-2-6-28-14/h1-9H,10-11H2,(H,24,27)(H,25,26). The Morgan fingerprint density at radius 3 is 2.46 bits per heavy atom. The van der Waals surface area contributed by atoms with E-state index in [4.69, 9.17) is 27.6 Å². The van der Waals surface area contributed by atoms with Crippen LogP contribution in [0.4, 0.5) is 4.39 Å². The molecule has 3 rings (SSSR count). The van der Waals surface area contributed by atoms with Gasteiger partial charge in [-0.15, -0.1) is 0 Å². The van der Waals surface area contributed by atoms with Crippen LogP contribution in [0.2, 0.25) is 10.0 Å². The highest BCUT2D eigenvalue weighted by Gasteiger charge is 2.14. The summed E-state index contributed by atoms with van der Waals surface area (Å²) >= 11 is 11.6. The summed E-state index contributed by atoms with van der Waals surface area (Å²) < 4.78 is 18.7. The summed E-state index contributed by atoms with van der Waals surface area (Å²) in [5.74, 6) is -0.907. The van der Waals surface area contributed by atoms with Crippen LogP contribution in [0.1, 0.15) is 32.0 Å². The maximum atomic E-state index is 13.6. The molecule has 0 aliphatic rings. The molecule has 28 heavy (non-hydrogen) atoms. The fourth-order valence-electron chi connectivity index (χ4n) is 2.48. The second-order valence-electron chi connectivity index (χ2n) is 5.89. The summed E-state index contributed by atoms with van der Waals surface area (Å²) in [7, 11) is 0. The number of carbonyl (C=O) groups is 2. The largest absolute Gasteiger partial charge is 0.467 e. The zero-order chi connectivity index (χ0) is 20.1.